The van der Waals surface area contributed by atoms with Gasteiger partial charge in [-0.25, -0.2) is 4.98 Å². The van der Waals surface area contributed by atoms with Crippen molar-refractivity contribution in [3.63, 3.8) is 0 Å². The summed E-state index contributed by atoms with van der Waals surface area (Å²) in [5.41, 5.74) is 0. The third-order valence-corrected chi connectivity index (χ3v) is 1.38. The normalized spacial score (nSPS) is 10.8. The molecule has 0 bridgehead atoms. The summed E-state index contributed by atoms with van der Waals surface area (Å²) in [6.45, 7) is 0.906. The monoisotopic (exact) mass is 139 g/mol. The van der Waals surface area contributed by atoms with E-state index in [2.05, 4.69) is 9.88 Å². The molecule has 1 rings (SSSR count). The zero-order valence-electron chi connectivity index (χ0n) is 6.70. The van der Waals surface area contributed by atoms with E-state index in [0.717, 1.165) is 12.4 Å². The molecule has 0 aromatic carbocycles. The second-order valence-electron chi connectivity index (χ2n) is 2.69. The van der Waals surface area contributed by atoms with Gasteiger partial charge in [-0.05, 0) is 14.1 Å². The molecule has 0 aliphatic rings. The summed E-state index contributed by atoms with van der Waals surface area (Å²) in [4.78, 5) is 6.28. The highest BCUT2D eigenvalue weighted by Crippen LogP contribution is 1.95. The number of rotatable bonds is 2. The summed E-state index contributed by atoms with van der Waals surface area (Å²) in [7, 11) is 6.08. The maximum absolute atomic E-state index is 4.18. The van der Waals surface area contributed by atoms with E-state index in [1.807, 2.05) is 38.1 Å². The van der Waals surface area contributed by atoms with Crippen LogP contribution in [0.1, 0.15) is 5.82 Å². The van der Waals surface area contributed by atoms with Crippen LogP contribution >= 0.6 is 0 Å². The van der Waals surface area contributed by atoms with E-state index in [1.54, 1.807) is 0 Å². The number of hydrogen-bond acceptors (Lipinski definition) is 2. The first-order chi connectivity index (χ1) is 4.70. The molecular formula is C7H13N3. The largest absolute Gasteiger partial charge is 0.337 e. The van der Waals surface area contributed by atoms with Crippen LogP contribution in [0, 0.1) is 0 Å². The van der Waals surface area contributed by atoms with E-state index in [9.17, 15) is 0 Å². The van der Waals surface area contributed by atoms with Crippen LogP contribution in [0.15, 0.2) is 12.4 Å². The van der Waals surface area contributed by atoms with Gasteiger partial charge in [-0.2, -0.15) is 0 Å². The van der Waals surface area contributed by atoms with Crippen LogP contribution in [0.5, 0.6) is 0 Å². The van der Waals surface area contributed by atoms with Gasteiger partial charge in [0.25, 0.3) is 0 Å². The molecule has 0 atom stereocenters. The number of aromatic nitrogens is 2. The van der Waals surface area contributed by atoms with Gasteiger partial charge in [0.2, 0.25) is 0 Å². The molecule has 1 aromatic rings. The summed E-state index contributed by atoms with van der Waals surface area (Å²) in [6, 6.07) is 0. The maximum atomic E-state index is 4.18. The predicted octanol–water partition coefficient (Wildman–Crippen LogP) is 0.482. The molecule has 0 N–H and O–H groups in total. The number of hydrogen-bond donors (Lipinski definition) is 0. The number of imidazole rings is 1. The minimum atomic E-state index is 0.906. The molecular weight excluding hydrogens is 126 g/mol. The van der Waals surface area contributed by atoms with Crippen LogP contribution in [-0.4, -0.2) is 28.5 Å². The van der Waals surface area contributed by atoms with Crippen molar-refractivity contribution in [3.05, 3.63) is 18.2 Å². The first kappa shape index (κ1) is 7.28. The fourth-order valence-corrected chi connectivity index (χ4v) is 0.832. The fraction of sp³-hybridized carbons (Fsp3) is 0.571. The minimum Gasteiger partial charge on any atom is -0.337 e. The topological polar surface area (TPSA) is 21.1 Å². The molecule has 0 unspecified atom stereocenters. The van der Waals surface area contributed by atoms with Crippen LogP contribution in [0.4, 0.5) is 0 Å². The molecule has 3 nitrogen and oxygen atoms in total. The van der Waals surface area contributed by atoms with Crippen molar-refractivity contribution < 1.29 is 0 Å². The van der Waals surface area contributed by atoms with Gasteiger partial charge in [-0.1, -0.05) is 0 Å². The van der Waals surface area contributed by atoms with Gasteiger partial charge in [-0.3, -0.25) is 0 Å². The molecule has 0 aliphatic carbocycles. The lowest BCUT2D eigenvalue weighted by molar-refractivity contribution is 0.385. The smallest absolute Gasteiger partial charge is 0.122 e. The van der Waals surface area contributed by atoms with Gasteiger partial charge in [-0.15, -0.1) is 0 Å². The molecule has 56 valence electrons. The molecule has 0 spiro atoms. The Hall–Kier alpha value is -0.830. The van der Waals surface area contributed by atoms with E-state index < -0.39 is 0 Å². The maximum Gasteiger partial charge on any atom is 0.122 e. The van der Waals surface area contributed by atoms with E-state index in [1.165, 1.54) is 0 Å². The van der Waals surface area contributed by atoms with Gasteiger partial charge in [0.1, 0.15) is 5.82 Å². The highest BCUT2D eigenvalue weighted by atomic mass is 15.1. The van der Waals surface area contributed by atoms with Crippen molar-refractivity contribution >= 4 is 0 Å². The Morgan fingerprint density at radius 2 is 2.30 bits per heavy atom. The van der Waals surface area contributed by atoms with Gasteiger partial charge in [0.05, 0.1) is 6.54 Å². The number of nitrogens with zero attached hydrogens (tertiary/aromatic N) is 3. The molecule has 0 saturated carbocycles. The third-order valence-electron chi connectivity index (χ3n) is 1.38. The summed E-state index contributed by atoms with van der Waals surface area (Å²) in [6.07, 6.45) is 3.78. The molecule has 0 fully saturated rings. The van der Waals surface area contributed by atoms with Gasteiger partial charge in [0, 0.05) is 19.4 Å². The predicted molar refractivity (Wildman–Crippen MR) is 40.6 cm³/mol. The van der Waals surface area contributed by atoms with Crippen molar-refractivity contribution in [2.75, 3.05) is 14.1 Å². The lowest BCUT2D eigenvalue weighted by atomic mass is 10.5. The molecule has 1 aromatic heterocycles. The quantitative estimate of drug-likeness (QED) is 0.594. The molecule has 0 aliphatic heterocycles. The molecule has 0 saturated heterocycles. The Balaban J connectivity index is 2.65. The van der Waals surface area contributed by atoms with E-state index in [-0.39, 0.29) is 0 Å². The summed E-state index contributed by atoms with van der Waals surface area (Å²) >= 11 is 0. The van der Waals surface area contributed by atoms with Gasteiger partial charge >= 0.3 is 0 Å². The average molecular weight is 139 g/mol. The Kier molecular flexibility index (Phi) is 2.06. The molecule has 3 heteroatoms. The minimum absolute atomic E-state index is 0.906. The van der Waals surface area contributed by atoms with Crippen LogP contribution in [0.2, 0.25) is 0 Å². The van der Waals surface area contributed by atoms with E-state index in [0.29, 0.717) is 0 Å². The van der Waals surface area contributed by atoms with Crippen molar-refractivity contribution in [3.8, 4) is 0 Å². The molecule has 0 radical (unpaired) electrons. The van der Waals surface area contributed by atoms with Crippen molar-refractivity contribution in [1.82, 2.24) is 14.5 Å². The molecule has 10 heavy (non-hydrogen) atoms. The standard InChI is InChI=1S/C7H13N3/c1-9(2)6-7-8-4-5-10(7)3/h4-5H,6H2,1-3H3. The zero-order chi connectivity index (χ0) is 7.56. The Morgan fingerprint density at radius 3 is 2.70 bits per heavy atom. The Morgan fingerprint density at radius 1 is 1.60 bits per heavy atom. The average Bonchev–Trinajstić information content (AvgIpc) is 2.15. The SMILES string of the molecule is CN(C)Cc1nccn1C. The van der Waals surface area contributed by atoms with Crippen molar-refractivity contribution in [2.24, 2.45) is 7.05 Å². The van der Waals surface area contributed by atoms with Gasteiger partial charge in [0.15, 0.2) is 0 Å². The number of aryl methyl sites for hydroxylation is 1. The van der Waals surface area contributed by atoms with E-state index >= 15 is 0 Å². The summed E-state index contributed by atoms with van der Waals surface area (Å²) < 4.78 is 2.03. The lowest BCUT2D eigenvalue weighted by Crippen LogP contribution is -2.14. The van der Waals surface area contributed by atoms with Crippen LogP contribution in [-0.2, 0) is 13.6 Å². The third kappa shape index (κ3) is 1.57. The Labute approximate surface area is 61.3 Å². The van der Waals surface area contributed by atoms with Crippen molar-refractivity contribution in [1.29, 1.82) is 0 Å². The first-order valence-corrected chi connectivity index (χ1v) is 3.31. The molecule has 0 amide bonds. The van der Waals surface area contributed by atoms with Crippen LogP contribution < -0.4 is 0 Å². The summed E-state index contributed by atoms with van der Waals surface area (Å²) in [5, 5.41) is 0. The van der Waals surface area contributed by atoms with Crippen LogP contribution in [0.25, 0.3) is 0 Å². The highest BCUT2D eigenvalue weighted by Gasteiger charge is 1.98. The van der Waals surface area contributed by atoms with Gasteiger partial charge < -0.3 is 9.47 Å². The fourth-order valence-electron chi connectivity index (χ4n) is 0.832. The molecule has 1 heterocycles. The van der Waals surface area contributed by atoms with Crippen LogP contribution in [0.3, 0.4) is 0 Å². The zero-order valence-corrected chi connectivity index (χ0v) is 6.70. The second-order valence-corrected chi connectivity index (χ2v) is 2.69. The van der Waals surface area contributed by atoms with E-state index in [4.69, 9.17) is 0 Å². The first-order valence-electron chi connectivity index (χ1n) is 3.31. The highest BCUT2D eigenvalue weighted by molar-refractivity contribution is 4.89. The summed E-state index contributed by atoms with van der Waals surface area (Å²) in [5.74, 6) is 1.10. The Bertz CT molecular complexity index is 202. The van der Waals surface area contributed by atoms with Crippen molar-refractivity contribution in [2.45, 2.75) is 6.54 Å². The lowest BCUT2D eigenvalue weighted by Gasteiger charge is -2.08. The second kappa shape index (κ2) is 2.84.